The Balaban J connectivity index is 1.89. The maximum absolute atomic E-state index is 11.5. The summed E-state index contributed by atoms with van der Waals surface area (Å²) < 4.78 is 0. The molecular formula is C16H14N4O. The normalized spacial score (nSPS) is 12.7. The van der Waals surface area contributed by atoms with Crippen molar-refractivity contribution in [2.75, 3.05) is 16.8 Å². The minimum Gasteiger partial charge on any atom is -0.339 e. The van der Waals surface area contributed by atoms with E-state index in [1.807, 2.05) is 18.2 Å². The van der Waals surface area contributed by atoms with Crippen molar-refractivity contribution < 1.29 is 4.79 Å². The topological polar surface area (TPSA) is 69.0 Å². The van der Waals surface area contributed by atoms with Crippen LogP contribution >= 0.6 is 0 Å². The molecule has 1 N–H and O–H groups in total. The molecule has 0 saturated carbocycles. The Morgan fingerprint density at radius 3 is 3.05 bits per heavy atom. The summed E-state index contributed by atoms with van der Waals surface area (Å²) in [5.41, 5.74) is 3.47. The summed E-state index contributed by atoms with van der Waals surface area (Å²) in [4.78, 5) is 17.5. The Morgan fingerprint density at radius 2 is 2.29 bits per heavy atom. The number of amides is 1. The smallest absolute Gasteiger partial charge is 0.223 e. The molecule has 0 unspecified atom stereocenters. The third-order valence-corrected chi connectivity index (χ3v) is 3.55. The molecule has 1 aromatic heterocycles. The van der Waals surface area contributed by atoms with Crippen molar-refractivity contribution in [3.05, 3.63) is 47.7 Å². The van der Waals surface area contributed by atoms with Gasteiger partial charge in [0.1, 0.15) is 11.9 Å². The lowest BCUT2D eigenvalue weighted by Crippen LogP contribution is -2.25. The number of carbonyl (C=O) groups is 1. The molecule has 0 bridgehead atoms. The fourth-order valence-corrected chi connectivity index (χ4v) is 2.54. The van der Waals surface area contributed by atoms with Crippen molar-refractivity contribution >= 4 is 23.1 Å². The van der Waals surface area contributed by atoms with E-state index in [0.717, 1.165) is 29.9 Å². The summed E-state index contributed by atoms with van der Waals surface area (Å²) >= 11 is 0. The first-order valence-electron chi connectivity index (χ1n) is 6.72. The van der Waals surface area contributed by atoms with Gasteiger partial charge in [0.15, 0.2) is 0 Å². The average Bonchev–Trinajstić information content (AvgIpc) is 2.91. The molecule has 0 spiro atoms. The van der Waals surface area contributed by atoms with Gasteiger partial charge in [-0.25, -0.2) is 4.98 Å². The van der Waals surface area contributed by atoms with E-state index in [-0.39, 0.29) is 5.91 Å². The van der Waals surface area contributed by atoms with Gasteiger partial charge in [-0.2, -0.15) is 5.26 Å². The first kappa shape index (κ1) is 13.1. The van der Waals surface area contributed by atoms with Gasteiger partial charge < -0.3 is 10.2 Å². The van der Waals surface area contributed by atoms with Crippen LogP contribution in [0.1, 0.15) is 18.1 Å². The van der Waals surface area contributed by atoms with Crippen LogP contribution < -0.4 is 10.2 Å². The van der Waals surface area contributed by atoms with Crippen LogP contribution in [0.4, 0.5) is 17.2 Å². The van der Waals surface area contributed by atoms with Crippen molar-refractivity contribution in [2.45, 2.75) is 13.3 Å². The number of nitriles is 1. The predicted molar refractivity (Wildman–Crippen MR) is 80.4 cm³/mol. The molecule has 1 aromatic carbocycles. The monoisotopic (exact) mass is 278 g/mol. The molecule has 0 aliphatic carbocycles. The van der Waals surface area contributed by atoms with Crippen molar-refractivity contribution in [1.29, 1.82) is 5.26 Å². The van der Waals surface area contributed by atoms with E-state index in [1.54, 1.807) is 30.2 Å². The third kappa shape index (κ3) is 2.43. The Kier molecular flexibility index (Phi) is 3.28. The van der Waals surface area contributed by atoms with Gasteiger partial charge in [0.25, 0.3) is 0 Å². The maximum Gasteiger partial charge on any atom is 0.223 e. The number of fused-ring (bicyclic) bond motifs is 1. The van der Waals surface area contributed by atoms with Crippen LogP contribution in [0.15, 0.2) is 36.5 Å². The SMILES string of the molecule is CC(=O)N1CCc2cc(Nc3ncccc3C#N)ccc21. The molecule has 1 amide bonds. The highest BCUT2D eigenvalue weighted by Gasteiger charge is 2.22. The van der Waals surface area contributed by atoms with Crippen LogP contribution in [-0.2, 0) is 11.2 Å². The predicted octanol–water partition coefficient (Wildman–Crippen LogP) is 2.61. The van der Waals surface area contributed by atoms with Gasteiger partial charge in [-0.3, -0.25) is 4.79 Å². The molecule has 0 saturated heterocycles. The molecular weight excluding hydrogens is 264 g/mol. The van der Waals surface area contributed by atoms with Crippen molar-refractivity contribution in [3.8, 4) is 6.07 Å². The minimum absolute atomic E-state index is 0.0611. The van der Waals surface area contributed by atoms with E-state index in [1.165, 1.54) is 0 Å². The summed E-state index contributed by atoms with van der Waals surface area (Å²) in [7, 11) is 0. The van der Waals surface area contributed by atoms with Gasteiger partial charge in [0.05, 0.1) is 5.56 Å². The summed E-state index contributed by atoms with van der Waals surface area (Å²) in [6.07, 6.45) is 2.49. The molecule has 2 aromatic rings. The number of pyridine rings is 1. The summed E-state index contributed by atoms with van der Waals surface area (Å²) in [6, 6.07) is 11.4. The molecule has 2 heterocycles. The van der Waals surface area contributed by atoms with Crippen LogP contribution in [0, 0.1) is 11.3 Å². The molecule has 5 heteroatoms. The number of nitrogens with one attached hydrogen (secondary N) is 1. The van der Waals surface area contributed by atoms with Crippen LogP contribution in [0.2, 0.25) is 0 Å². The van der Waals surface area contributed by atoms with Gasteiger partial charge in [-0.1, -0.05) is 0 Å². The Morgan fingerprint density at radius 1 is 1.43 bits per heavy atom. The van der Waals surface area contributed by atoms with Gasteiger partial charge in [-0.15, -0.1) is 0 Å². The second kappa shape index (κ2) is 5.25. The zero-order valence-corrected chi connectivity index (χ0v) is 11.6. The molecule has 0 radical (unpaired) electrons. The molecule has 104 valence electrons. The maximum atomic E-state index is 11.5. The van der Waals surface area contributed by atoms with E-state index in [2.05, 4.69) is 16.4 Å². The third-order valence-electron chi connectivity index (χ3n) is 3.55. The standard InChI is InChI=1S/C16H14N4O/c1-11(21)20-8-6-12-9-14(4-5-15(12)20)19-16-13(10-17)3-2-7-18-16/h2-5,7,9H,6,8H2,1H3,(H,18,19). The summed E-state index contributed by atoms with van der Waals surface area (Å²) in [6.45, 7) is 2.30. The second-order valence-electron chi connectivity index (χ2n) is 4.90. The molecule has 0 fully saturated rings. The summed E-state index contributed by atoms with van der Waals surface area (Å²) in [5.74, 6) is 0.604. The first-order chi connectivity index (χ1) is 10.2. The van der Waals surface area contributed by atoms with Gasteiger partial charge in [-0.05, 0) is 42.3 Å². The Hall–Kier alpha value is -2.87. The molecule has 1 aliphatic rings. The Labute approximate surface area is 122 Å². The number of aromatic nitrogens is 1. The number of hydrogen-bond donors (Lipinski definition) is 1. The van der Waals surface area contributed by atoms with E-state index in [0.29, 0.717) is 11.4 Å². The van der Waals surface area contributed by atoms with Crippen LogP contribution in [0.5, 0.6) is 0 Å². The number of nitrogens with zero attached hydrogens (tertiary/aromatic N) is 3. The molecule has 3 rings (SSSR count). The number of anilines is 3. The number of benzene rings is 1. The van der Waals surface area contributed by atoms with Crippen molar-refractivity contribution in [2.24, 2.45) is 0 Å². The number of rotatable bonds is 2. The highest BCUT2D eigenvalue weighted by molar-refractivity contribution is 5.94. The van der Waals surface area contributed by atoms with Gasteiger partial charge in [0, 0.05) is 31.0 Å². The Bertz CT molecular complexity index is 748. The lowest BCUT2D eigenvalue weighted by molar-refractivity contribution is -0.116. The fraction of sp³-hybridized carbons (Fsp3) is 0.188. The van der Waals surface area contributed by atoms with E-state index < -0.39 is 0 Å². The molecule has 1 aliphatic heterocycles. The first-order valence-corrected chi connectivity index (χ1v) is 6.72. The number of hydrogen-bond acceptors (Lipinski definition) is 4. The lowest BCUT2D eigenvalue weighted by Gasteiger charge is -2.15. The highest BCUT2D eigenvalue weighted by atomic mass is 16.2. The average molecular weight is 278 g/mol. The molecule has 21 heavy (non-hydrogen) atoms. The van der Waals surface area contributed by atoms with Gasteiger partial charge in [0.2, 0.25) is 5.91 Å². The van der Waals surface area contributed by atoms with Crippen LogP contribution in [0.25, 0.3) is 0 Å². The summed E-state index contributed by atoms with van der Waals surface area (Å²) in [5, 5.41) is 12.2. The van der Waals surface area contributed by atoms with Crippen LogP contribution in [-0.4, -0.2) is 17.4 Å². The van der Waals surface area contributed by atoms with Gasteiger partial charge >= 0.3 is 0 Å². The minimum atomic E-state index is 0.0611. The second-order valence-corrected chi connectivity index (χ2v) is 4.90. The van der Waals surface area contributed by atoms with E-state index in [9.17, 15) is 4.79 Å². The van der Waals surface area contributed by atoms with Crippen molar-refractivity contribution in [1.82, 2.24) is 4.98 Å². The zero-order chi connectivity index (χ0) is 14.8. The number of carbonyl (C=O) groups excluding carboxylic acids is 1. The lowest BCUT2D eigenvalue weighted by atomic mass is 10.1. The van der Waals surface area contributed by atoms with E-state index in [4.69, 9.17) is 5.26 Å². The zero-order valence-electron chi connectivity index (χ0n) is 11.6. The quantitative estimate of drug-likeness (QED) is 0.916. The molecule has 0 atom stereocenters. The van der Waals surface area contributed by atoms with Crippen molar-refractivity contribution in [3.63, 3.8) is 0 Å². The van der Waals surface area contributed by atoms with E-state index >= 15 is 0 Å². The fourth-order valence-electron chi connectivity index (χ4n) is 2.54. The highest BCUT2D eigenvalue weighted by Crippen LogP contribution is 2.31. The molecule has 5 nitrogen and oxygen atoms in total. The largest absolute Gasteiger partial charge is 0.339 e. The van der Waals surface area contributed by atoms with Crippen LogP contribution in [0.3, 0.4) is 0 Å².